The zero-order valence-electron chi connectivity index (χ0n) is 16.0. The molecular weight excluding hydrogens is 378 g/mol. The first-order valence-corrected chi connectivity index (χ1v) is 10.8. The van der Waals surface area contributed by atoms with Crippen molar-refractivity contribution in [2.75, 3.05) is 18.1 Å². The normalized spacial score (nSPS) is 16.6. The van der Waals surface area contributed by atoms with Crippen LogP contribution in [-0.4, -0.2) is 38.4 Å². The van der Waals surface area contributed by atoms with E-state index < -0.39 is 10.0 Å². The van der Waals surface area contributed by atoms with Crippen LogP contribution in [0.1, 0.15) is 36.9 Å². The van der Waals surface area contributed by atoms with Crippen LogP contribution < -0.4 is 9.46 Å². The summed E-state index contributed by atoms with van der Waals surface area (Å²) in [5.41, 5.74) is 2.94. The molecule has 1 heterocycles. The predicted octanol–water partition coefficient (Wildman–Crippen LogP) is 3.15. The number of benzene rings is 2. The molecule has 0 aliphatic carbocycles. The smallest absolute Gasteiger partial charge is 0.242 e. The number of nitrogens with one attached hydrogen (secondary N) is 1. The second-order valence-electron chi connectivity index (χ2n) is 6.59. The van der Waals surface area contributed by atoms with Gasteiger partial charge in [-0.25, -0.2) is 13.4 Å². The fraction of sp³-hybridized carbons (Fsp3) is 0.300. The molecule has 1 aliphatic rings. The number of rotatable bonds is 6. The topological polar surface area (TPSA) is 88.1 Å². The van der Waals surface area contributed by atoms with E-state index in [-0.39, 0.29) is 11.9 Å². The number of sulfonamides is 1. The Morgan fingerprint density at radius 1 is 1.25 bits per heavy atom. The molecule has 0 aromatic heterocycles. The Morgan fingerprint density at radius 2 is 1.96 bits per heavy atom. The van der Waals surface area contributed by atoms with Crippen LogP contribution in [0.4, 0.5) is 5.69 Å². The number of hydrazone groups is 1. The molecular formula is C20H23N3O4S. The van der Waals surface area contributed by atoms with E-state index in [9.17, 15) is 13.2 Å². The average Bonchev–Trinajstić information content (AvgIpc) is 3.12. The Morgan fingerprint density at radius 3 is 2.57 bits per heavy atom. The number of carbonyl (C=O) groups excluding carboxylic acids is 1. The Labute approximate surface area is 165 Å². The number of hydrogen-bond acceptors (Lipinski definition) is 5. The van der Waals surface area contributed by atoms with Gasteiger partial charge in [0.1, 0.15) is 5.75 Å². The highest BCUT2D eigenvalue weighted by Gasteiger charge is 2.32. The maximum atomic E-state index is 12.5. The molecule has 1 aliphatic heterocycles. The summed E-state index contributed by atoms with van der Waals surface area (Å²) in [6.07, 6.45) is 1.99. The van der Waals surface area contributed by atoms with Crippen LogP contribution in [0.5, 0.6) is 5.75 Å². The number of ether oxygens (including phenoxy) is 1. The molecule has 2 aromatic carbocycles. The minimum absolute atomic E-state index is 0.0683. The third kappa shape index (κ3) is 4.51. The van der Waals surface area contributed by atoms with E-state index in [0.29, 0.717) is 18.5 Å². The summed E-state index contributed by atoms with van der Waals surface area (Å²) in [6, 6.07) is 14.4. The lowest BCUT2D eigenvalue weighted by atomic mass is 9.98. The van der Waals surface area contributed by atoms with Crippen LogP contribution in [-0.2, 0) is 14.8 Å². The van der Waals surface area contributed by atoms with Crippen LogP contribution in [0.25, 0.3) is 0 Å². The lowest BCUT2D eigenvalue weighted by Crippen LogP contribution is -2.26. The van der Waals surface area contributed by atoms with E-state index in [0.717, 1.165) is 28.8 Å². The standard InChI is InChI=1S/C20H23N3O4S/c1-4-20(24)23-19(14-8-10-17(27-2)11-9-14)13-18(21-23)15-6-5-7-16(12-15)22-28(3,25)26/h5-12,19,22H,4,13H2,1-3H3/t19-/m0/s1. The van der Waals surface area contributed by atoms with Crippen molar-refractivity contribution in [2.45, 2.75) is 25.8 Å². The molecule has 0 bridgehead atoms. The molecule has 0 saturated heterocycles. The van der Waals surface area contributed by atoms with Crippen molar-refractivity contribution < 1.29 is 17.9 Å². The Balaban J connectivity index is 1.92. The van der Waals surface area contributed by atoms with Gasteiger partial charge in [0.15, 0.2) is 0 Å². The molecule has 148 valence electrons. The predicted molar refractivity (Wildman–Crippen MR) is 109 cm³/mol. The van der Waals surface area contributed by atoms with Crippen LogP contribution in [0.15, 0.2) is 53.6 Å². The van der Waals surface area contributed by atoms with E-state index in [4.69, 9.17) is 4.74 Å². The van der Waals surface area contributed by atoms with Crippen molar-refractivity contribution in [2.24, 2.45) is 5.10 Å². The number of methoxy groups -OCH3 is 1. The van der Waals surface area contributed by atoms with E-state index in [2.05, 4.69) is 9.82 Å². The van der Waals surface area contributed by atoms with Gasteiger partial charge in [0, 0.05) is 18.5 Å². The third-order valence-electron chi connectivity index (χ3n) is 4.47. The molecule has 1 N–H and O–H groups in total. The summed E-state index contributed by atoms with van der Waals surface area (Å²) in [6.45, 7) is 1.80. The fourth-order valence-electron chi connectivity index (χ4n) is 3.14. The quantitative estimate of drug-likeness (QED) is 0.805. The highest BCUT2D eigenvalue weighted by molar-refractivity contribution is 7.92. The molecule has 0 unspecified atom stereocenters. The van der Waals surface area contributed by atoms with Gasteiger partial charge in [-0.15, -0.1) is 0 Å². The van der Waals surface area contributed by atoms with Crippen molar-refractivity contribution in [3.05, 3.63) is 59.7 Å². The minimum atomic E-state index is -3.37. The second kappa shape index (κ2) is 8.02. The first kappa shape index (κ1) is 19.9. The maximum absolute atomic E-state index is 12.5. The molecule has 1 atom stereocenters. The highest BCUT2D eigenvalue weighted by Crippen LogP contribution is 2.34. The highest BCUT2D eigenvalue weighted by atomic mass is 32.2. The molecule has 0 fully saturated rings. The van der Waals surface area contributed by atoms with Crippen LogP contribution in [0.3, 0.4) is 0 Å². The first-order chi connectivity index (χ1) is 13.3. The van der Waals surface area contributed by atoms with E-state index in [1.54, 1.807) is 32.2 Å². The molecule has 0 radical (unpaired) electrons. The lowest BCUT2D eigenvalue weighted by molar-refractivity contribution is -0.132. The first-order valence-electron chi connectivity index (χ1n) is 8.92. The summed E-state index contributed by atoms with van der Waals surface area (Å²) >= 11 is 0. The summed E-state index contributed by atoms with van der Waals surface area (Å²) in [5, 5.41) is 6.08. The molecule has 2 aromatic rings. The van der Waals surface area contributed by atoms with Gasteiger partial charge in [-0.1, -0.05) is 31.2 Å². The van der Waals surface area contributed by atoms with Crippen LogP contribution in [0, 0.1) is 0 Å². The summed E-state index contributed by atoms with van der Waals surface area (Å²) in [5.74, 6) is 0.678. The zero-order chi connectivity index (χ0) is 20.3. The van der Waals surface area contributed by atoms with Crippen LogP contribution in [0.2, 0.25) is 0 Å². The van der Waals surface area contributed by atoms with Gasteiger partial charge in [0.2, 0.25) is 15.9 Å². The van der Waals surface area contributed by atoms with Gasteiger partial charge in [0.05, 0.1) is 25.1 Å². The van der Waals surface area contributed by atoms with Crippen molar-refractivity contribution in [3.63, 3.8) is 0 Å². The van der Waals surface area contributed by atoms with Gasteiger partial charge in [0.25, 0.3) is 0 Å². The number of carbonyl (C=O) groups is 1. The number of hydrogen-bond donors (Lipinski definition) is 1. The van der Waals surface area contributed by atoms with Gasteiger partial charge < -0.3 is 4.74 Å². The Kier molecular flexibility index (Phi) is 5.69. The van der Waals surface area contributed by atoms with Crippen molar-refractivity contribution in [1.29, 1.82) is 0 Å². The van der Waals surface area contributed by atoms with E-state index in [1.807, 2.05) is 30.3 Å². The second-order valence-corrected chi connectivity index (χ2v) is 8.34. The van der Waals surface area contributed by atoms with Gasteiger partial charge in [-0.2, -0.15) is 5.10 Å². The lowest BCUT2D eigenvalue weighted by Gasteiger charge is -2.21. The average molecular weight is 401 g/mol. The minimum Gasteiger partial charge on any atom is -0.497 e. The Hall–Kier alpha value is -2.87. The SMILES string of the molecule is CCC(=O)N1N=C(c2cccc(NS(C)(=O)=O)c2)C[C@H]1c1ccc(OC)cc1. The number of nitrogens with zero attached hydrogens (tertiary/aromatic N) is 2. The zero-order valence-corrected chi connectivity index (χ0v) is 16.9. The van der Waals surface area contributed by atoms with Crippen LogP contribution >= 0.6 is 0 Å². The molecule has 0 saturated carbocycles. The molecule has 1 amide bonds. The maximum Gasteiger partial charge on any atom is 0.242 e. The molecule has 28 heavy (non-hydrogen) atoms. The number of anilines is 1. The molecule has 0 spiro atoms. The fourth-order valence-corrected chi connectivity index (χ4v) is 3.69. The molecule has 7 nitrogen and oxygen atoms in total. The monoisotopic (exact) mass is 401 g/mol. The number of amides is 1. The van der Waals surface area contributed by atoms with E-state index >= 15 is 0 Å². The summed E-state index contributed by atoms with van der Waals surface area (Å²) < 4.78 is 30.7. The van der Waals surface area contributed by atoms with Gasteiger partial charge in [-0.3, -0.25) is 9.52 Å². The van der Waals surface area contributed by atoms with Crippen molar-refractivity contribution in [3.8, 4) is 5.75 Å². The summed E-state index contributed by atoms with van der Waals surface area (Å²) in [7, 11) is -1.76. The Bertz CT molecular complexity index is 1000. The van der Waals surface area contributed by atoms with Gasteiger partial charge in [-0.05, 0) is 35.4 Å². The third-order valence-corrected chi connectivity index (χ3v) is 5.07. The largest absolute Gasteiger partial charge is 0.497 e. The summed E-state index contributed by atoms with van der Waals surface area (Å²) in [4.78, 5) is 12.5. The van der Waals surface area contributed by atoms with Crippen molar-refractivity contribution >= 4 is 27.3 Å². The molecule has 3 rings (SSSR count). The van der Waals surface area contributed by atoms with Gasteiger partial charge >= 0.3 is 0 Å². The van der Waals surface area contributed by atoms with Crippen molar-refractivity contribution in [1.82, 2.24) is 5.01 Å². The van der Waals surface area contributed by atoms with E-state index in [1.165, 1.54) is 5.01 Å². The molecule has 8 heteroatoms.